The smallest absolute Gasteiger partial charge is 0.410 e. The van der Waals surface area contributed by atoms with Crippen molar-refractivity contribution in [2.45, 2.75) is 45.9 Å². The van der Waals surface area contributed by atoms with Gasteiger partial charge in [0.05, 0.1) is 18.8 Å². The van der Waals surface area contributed by atoms with Crippen molar-refractivity contribution in [3.63, 3.8) is 0 Å². The average Bonchev–Trinajstić information content (AvgIpc) is 2.96. The number of nitrogens with zero attached hydrogens (tertiary/aromatic N) is 3. The van der Waals surface area contributed by atoms with Gasteiger partial charge in [-0.05, 0) is 51.0 Å². The second-order valence-electron chi connectivity index (χ2n) is 7.46. The Hall–Kier alpha value is -2.05. The van der Waals surface area contributed by atoms with Gasteiger partial charge in [-0.3, -0.25) is 4.90 Å². The van der Waals surface area contributed by atoms with E-state index in [0.29, 0.717) is 35.6 Å². The van der Waals surface area contributed by atoms with Gasteiger partial charge in [-0.15, -0.1) is 0 Å². The van der Waals surface area contributed by atoms with Crippen LogP contribution in [0.2, 0.25) is 10.0 Å². The minimum absolute atomic E-state index is 0.340. The SMILES string of the molecule is CC(C)(C)OC(=O)N1Cc2cnc(NCCc3cc(Cl)cc(Cl)c3)nc2C1. The molecule has 0 bridgehead atoms. The number of anilines is 1. The van der Waals surface area contributed by atoms with E-state index in [1.807, 2.05) is 32.9 Å². The molecule has 1 aliphatic heterocycles. The molecular formula is C19H22Cl2N4O2. The Bertz CT molecular complexity index is 832. The zero-order valence-electron chi connectivity index (χ0n) is 15.6. The van der Waals surface area contributed by atoms with Crippen LogP contribution in [0.15, 0.2) is 24.4 Å². The van der Waals surface area contributed by atoms with Gasteiger partial charge in [-0.25, -0.2) is 14.8 Å². The number of hydrogen-bond acceptors (Lipinski definition) is 5. The van der Waals surface area contributed by atoms with Gasteiger partial charge >= 0.3 is 6.09 Å². The largest absolute Gasteiger partial charge is 0.444 e. The van der Waals surface area contributed by atoms with Crippen LogP contribution in [0.5, 0.6) is 0 Å². The van der Waals surface area contributed by atoms with Crippen LogP contribution in [0.25, 0.3) is 0 Å². The van der Waals surface area contributed by atoms with Crippen LogP contribution in [-0.2, 0) is 24.2 Å². The highest BCUT2D eigenvalue weighted by molar-refractivity contribution is 6.34. The van der Waals surface area contributed by atoms with Crippen molar-refractivity contribution >= 4 is 35.2 Å². The van der Waals surface area contributed by atoms with Gasteiger partial charge < -0.3 is 10.1 Å². The number of ether oxygens (including phenoxy) is 1. The highest BCUT2D eigenvalue weighted by Crippen LogP contribution is 2.24. The summed E-state index contributed by atoms with van der Waals surface area (Å²) in [5, 5.41) is 4.44. The summed E-state index contributed by atoms with van der Waals surface area (Å²) >= 11 is 12.0. The number of benzene rings is 1. The maximum Gasteiger partial charge on any atom is 0.410 e. The number of fused-ring (bicyclic) bond motifs is 1. The third-order valence-electron chi connectivity index (χ3n) is 3.93. The second kappa shape index (κ2) is 7.90. The molecule has 0 radical (unpaired) electrons. The minimum atomic E-state index is -0.520. The number of nitrogens with one attached hydrogen (secondary N) is 1. The van der Waals surface area contributed by atoms with Crippen LogP contribution in [0.4, 0.5) is 10.7 Å². The fourth-order valence-corrected chi connectivity index (χ4v) is 3.34. The van der Waals surface area contributed by atoms with Crippen LogP contribution in [0.3, 0.4) is 0 Å². The molecule has 0 unspecified atom stereocenters. The summed E-state index contributed by atoms with van der Waals surface area (Å²) < 4.78 is 5.42. The van der Waals surface area contributed by atoms with Gasteiger partial charge in [0.25, 0.3) is 0 Å². The van der Waals surface area contributed by atoms with E-state index in [0.717, 1.165) is 23.2 Å². The standard InChI is InChI=1S/C19H22Cl2N4O2/c1-19(2,3)27-18(26)25-10-13-9-23-17(24-16(13)11-25)22-5-4-12-6-14(20)8-15(21)7-12/h6-9H,4-5,10-11H2,1-3H3,(H,22,23,24). The molecule has 0 saturated carbocycles. The quantitative estimate of drug-likeness (QED) is 0.794. The Morgan fingerprint density at radius 1 is 1.22 bits per heavy atom. The first-order valence-electron chi connectivity index (χ1n) is 8.71. The monoisotopic (exact) mass is 408 g/mol. The first kappa shape index (κ1) is 19.7. The van der Waals surface area contributed by atoms with E-state index in [9.17, 15) is 4.79 Å². The van der Waals surface area contributed by atoms with Gasteiger partial charge in [0.15, 0.2) is 0 Å². The van der Waals surface area contributed by atoms with Crippen LogP contribution >= 0.6 is 23.2 Å². The Labute approximate surface area is 168 Å². The average molecular weight is 409 g/mol. The minimum Gasteiger partial charge on any atom is -0.444 e. The van der Waals surface area contributed by atoms with Gasteiger partial charge in [-0.1, -0.05) is 23.2 Å². The summed E-state index contributed by atoms with van der Waals surface area (Å²) in [6, 6.07) is 5.48. The predicted molar refractivity (Wildman–Crippen MR) is 106 cm³/mol. The molecule has 0 saturated heterocycles. The van der Waals surface area contributed by atoms with Crippen molar-refractivity contribution in [3.05, 3.63) is 51.3 Å². The Morgan fingerprint density at radius 2 is 1.93 bits per heavy atom. The summed E-state index contributed by atoms with van der Waals surface area (Å²) in [5.74, 6) is 0.535. The van der Waals surface area contributed by atoms with E-state index in [2.05, 4.69) is 15.3 Å². The highest BCUT2D eigenvalue weighted by Gasteiger charge is 2.29. The lowest BCUT2D eigenvalue weighted by Crippen LogP contribution is -2.33. The van der Waals surface area contributed by atoms with Crippen LogP contribution in [-0.4, -0.2) is 33.1 Å². The summed E-state index contributed by atoms with van der Waals surface area (Å²) in [7, 11) is 0. The zero-order chi connectivity index (χ0) is 19.6. The predicted octanol–water partition coefficient (Wildman–Crippen LogP) is 4.69. The van der Waals surface area contributed by atoms with Gasteiger partial charge in [0.1, 0.15) is 5.60 Å². The first-order chi connectivity index (χ1) is 12.7. The zero-order valence-corrected chi connectivity index (χ0v) is 17.1. The molecule has 1 amide bonds. The van der Waals surface area contributed by atoms with Crippen LogP contribution in [0.1, 0.15) is 37.6 Å². The molecule has 0 spiro atoms. The third kappa shape index (κ3) is 5.47. The molecule has 2 heterocycles. The van der Waals surface area contributed by atoms with Crippen molar-refractivity contribution in [3.8, 4) is 0 Å². The van der Waals surface area contributed by atoms with Crippen molar-refractivity contribution in [1.82, 2.24) is 14.9 Å². The molecule has 27 heavy (non-hydrogen) atoms. The third-order valence-corrected chi connectivity index (χ3v) is 4.36. The van der Waals surface area contributed by atoms with E-state index >= 15 is 0 Å². The highest BCUT2D eigenvalue weighted by atomic mass is 35.5. The molecule has 144 valence electrons. The fraction of sp³-hybridized carbons (Fsp3) is 0.421. The molecule has 3 rings (SSSR count). The van der Waals surface area contributed by atoms with E-state index in [1.165, 1.54) is 0 Å². The summed E-state index contributed by atoms with van der Waals surface area (Å²) in [5.41, 5.74) is 2.29. The molecule has 6 nitrogen and oxygen atoms in total. The molecule has 0 fully saturated rings. The number of carbonyl (C=O) groups is 1. The van der Waals surface area contributed by atoms with Crippen molar-refractivity contribution in [1.29, 1.82) is 0 Å². The number of carbonyl (C=O) groups excluding carboxylic acids is 1. The maximum atomic E-state index is 12.2. The lowest BCUT2D eigenvalue weighted by atomic mass is 10.1. The molecule has 1 N–H and O–H groups in total. The van der Waals surface area contributed by atoms with E-state index < -0.39 is 5.60 Å². The van der Waals surface area contributed by atoms with Gasteiger partial charge in [-0.2, -0.15) is 0 Å². The molecule has 8 heteroatoms. The van der Waals surface area contributed by atoms with Gasteiger partial charge in [0.2, 0.25) is 5.95 Å². The first-order valence-corrected chi connectivity index (χ1v) is 9.47. The summed E-state index contributed by atoms with van der Waals surface area (Å²) in [4.78, 5) is 22.7. The Kier molecular flexibility index (Phi) is 5.77. The normalized spacial score (nSPS) is 13.4. The lowest BCUT2D eigenvalue weighted by molar-refractivity contribution is 0.0240. The van der Waals surface area contributed by atoms with Crippen LogP contribution in [0, 0.1) is 0 Å². The Morgan fingerprint density at radius 3 is 2.59 bits per heavy atom. The number of halogens is 2. The Balaban J connectivity index is 1.57. The number of rotatable bonds is 4. The molecule has 1 aromatic carbocycles. The van der Waals surface area contributed by atoms with Crippen molar-refractivity contribution in [2.24, 2.45) is 0 Å². The maximum absolute atomic E-state index is 12.2. The van der Waals surface area contributed by atoms with Crippen LogP contribution < -0.4 is 5.32 Å². The topological polar surface area (TPSA) is 67.3 Å². The molecule has 1 aliphatic rings. The van der Waals surface area contributed by atoms with E-state index in [-0.39, 0.29) is 6.09 Å². The van der Waals surface area contributed by atoms with Gasteiger partial charge in [0, 0.05) is 28.4 Å². The second-order valence-corrected chi connectivity index (χ2v) is 8.33. The molecule has 2 aromatic rings. The molecule has 1 aromatic heterocycles. The van der Waals surface area contributed by atoms with Crippen molar-refractivity contribution in [2.75, 3.05) is 11.9 Å². The molecule has 0 aliphatic carbocycles. The summed E-state index contributed by atoms with van der Waals surface area (Å²) in [6.45, 7) is 7.08. The fourth-order valence-electron chi connectivity index (χ4n) is 2.77. The van der Waals surface area contributed by atoms with Crippen molar-refractivity contribution < 1.29 is 9.53 Å². The number of aromatic nitrogens is 2. The lowest BCUT2D eigenvalue weighted by Gasteiger charge is -2.23. The summed E-state index contributed by atoms with van der Waals surface area (Å²) in [6.07, 6.45) is 2.16. The number of hydrogen-bond donors (Lipinski definition) is 1. The number of amides is 1. The molecular weight excluding hydrogens is 387 g/mol. The van der Waals surface area contributed by atoms with E-state index in [4.69, 9.17) is 27.9 Å². The van der Waals surface area contributed by atoms with E-state index in [1.54, 1.807) is 17.2 Å². The molecule has 0 atom stereocenters.